The zero-order valence-electron chi connectivity index (χ0n) is 16.3. The van der Waals surface area contributed by atoms with Gasteiger partial charge in [0.1, 0.15) is 5.82 Å². The van der Waals surface area contributed by atoms with Crippen molar-refractivity contribution in [3.8, 4) is 17.3 Å². The van der Waals surface area contributed by atoms with Gasteiger partial charge in [0.25, 0.3) is 5.91 Å². The smallest absolute Gasteiger partial charge is 0.276 e. The summed E-state index contributed by atoms with van der Waals surface area (Å²) in [5.74, 6) is 3.18. The topological polar surface area (TPSA) is 106 Å². The lowest BCUT2D eigenvalue weighted by atomic mass is 10.2. The van der Waals surface area contributed by atoms with Crippen LogP contribution in [-0.2, 0) is 0 Å². The molecule has 1 amide bonds. The lowest BCUT2D eigenvalue weighted by molar-refractivity contribution is 0.0736. The molecule has 0 N–H and O–H groups in total. The Morgan fingerprint density at radius 3 is 2.50 bits per heavy atom. The zero-order valence-corrected chi connectivity index (χ0v) is 16.3. The van der Waals surface area contributed by atoms with Crippen molar-refractivity contribution in [3.05, 3.63) is 60.5 Å². The third-order valence-corrected chi connectivity index (χ3v) is 5.09. The van der Waals surface area contributed by atoms with E-state index in [1.165, 1.54) is 0 Å². The van der Waals surface area contributed by atoms with Crippen molar-refractivity contribution < 1.29 is 13.7 Å². The van der Waals surface area contributed by atoms with Crippen LogP contribution in [0.3, 0.4) is 0 Å². The van der Waals surface area contributed by atoms with Gasteiger partial charge in [-0.1, -0.05) is 5.16 Å². The molecular weight excluding hydrogens is 386 g/mol. The normalized spacial score (nSPS) is 14.3. The van der Waals surface area contributed by atoms with Gasteiger partial charge in [0.2, 0.25) is 5.76 Å². The summed E-state index contributed by atoms with van der Waals surface area (Å²) < 4.78 is 12.4. The molecule has 5 rings (SSSR count). The summed E-state index contributed by atoms with van der Waals surface area (Å²) in [6.45, 7) is 4.36. The van der Waals surface area contributed by atoms with Gasteiger partial charge in [-0.2, -0.15) is 0 Å². The van der Waals surface area contributed by atoms with Crippen molar-refractivity contribution in [2.45, 2.75) is 6.92 Å². The summed E-state index contributed by atoms with van der Waals surface area (Å²) in [5.41, 5.74) is 0.273. The monoisotopic (exact) mass is 405 g/mol. The number of furan rings is 1. The quantitative estimate of drug-likeness (QED) is 0.509. The van der Waals surface area contributed by atoms with Crippen LogP contribution in [0.2, 0.25) is 0 Å². The largest absolute Gasteiger partial charge is 0.461 e. The second kappa shape index (κ2) is 7.47. The average molecular weight is 405 g/mol. The predicted octanol–water partition coefficient (Wildman–Crippen LogP) is 2.18. The molecule has 0 bridgehead atoms. The van der Waals surface area contributed by atoms with Crippen molar-refractivity contribution in [1.29, 1.82) is 0 Å². The number of piperazine rings is 1. The molecule has 1 saturated heterocycles. The van der Waals surface area contributed by atoms with Gasteiger partial charge in [-0.15, -0.1) is 10.2 Å². The second-order valence-corrected chi connectivity index (χ2v) is 6.93. The Hall–Kier alpha value is -3.95. The van der Waals surface area contributed by atoms with Crippen LogP contribution in [0.5, 0.6) is 0 Å². The van der Waals surface area contributed by atoms with E-state index < -0.39 is 0 Å². The molecular formula is C20H19N7O3. The highest BCUT2D eigenvalue weighted by atomic mass is 16.5. The molecule has 10 heteroatoms. The molecule has 1 fully saturated rings. The van der Waals surface area contributed by atoms with E-state index >= 15 is 0 Å². The molecule has 30 heavy (non-hydrogen) atoms. The molecule has 10 nitrogen and oxygen atoms in total. The van der Waals surface area contributed by atoms with E-state index in [0.29, 0.717) is 37.7 Å². The molecule has 0 unspecified atom stereocenters. The summed E-state index contributed by atoms with van der Waals surface area (Å²) in [6.07, 6.45) is 5.13. The summed E-state index contributed by atoms with van der Waals surface area (Å²) in [5, 5.41) is 12.5. The highest BCUT2D eigenvalue weighted by molar-refractivity contribution is 5.93. The fourth-order valence-corrected chi connectivity index (χ4v) is 3.45. The predicted molar refractivity (Wildman–Crippen MR) is 106 cm³/mol. The Balaban J connectivity index is 1.22. The van der Waals surface area contributed by atoms with Crippen LogP contribution >= 0.6 is 0 Å². The molecule has 1 aliphatic rings. The first-order valence-corrected chi connectivity index (χ1v) is 9.58. The van der Waals surface area contributed by atoms with Gasteiger partial charge in [0.05, 0.1) is 6.26 Å². The molecule has 0 aromatic carbocycles. The Morgan fingerprint density at radius 2 is 1.83 bits per heavy atom. The van der Waals surface area contributed by atoms with Crippen LogP contribution in [0.15, 0.2) is 57.9 Å². The van der Waals surface area contributed by atoms with E-state index in [9.17, 15) is 4.79 Å². The SMILES string of the molecule is Cc1nccn1-c1ccc(N2CCN(C(=O)c3cc(-c4ccco4)on3)CC2)nn1. The number of aromatic nitrogens is 5. The third kappa shape index (κ3) is 3.32. The van der Waals surface area contributed by atoms with E-state index in [4.69, 9.17) is 8.94 Å². The van der Waals surface area contributed by atoms with Crippen molar-refractivity contribution in [1.82, 2.24) is 29.8 Å². The van der Waals surface area contributed by atoms with Gasteiger partial charge in [-0.05, 0) is 31.2 Å². The van der Waals surface area contributed by atoms with Crippen LogP contribution in [0, 0.1) is 6.92 Å². The first-order valence-electron chi connectivity index (χ1n) is 9.58. The van der Waals surface area contributed by atoms with Gasteiger partial charge in [-0.25, -0.2) is 4.98 Å². The molecule has 0 aliphatic carbocycles. The highest BCUT2D eigenvalue weighted by Gasteiger charge is 2.26. The minimum absolute atomic E-state index is 0.159. The van der Waals surface area contributed by atoms with Crippen LogP contribution in [0.4, 0.5) is 5.82 Å². The number of carbonyl (C=O) groups is 1. The molecule has 0 saturated carbocycles. The van der Waals surface area contributed by atoms with Crippen molar-refractivity contribution >= 4 is 11.7 Å². The number of aryl methyl sites for hydroxylation is 1. The second-order valence-electron chi connectivity index (χ2n) is 6.93. The fraction of sp³-hybridized carbons (Fsp3) is 0.250. The average Bonchev–Trinajstić information content (AvgIpc) is 3.55. The molecule has 5 heterocycles. The van der Waals surface area contributed by atoms with Gasteiger partial charge >= 0.3 is 0 Å². The third-order valence-electron chi connectivity index (χ3n) is 5.09. The Labute approximate surface area is 171 Å². The molecule has 152 valence electrons. The first-order chi connectivity index (χ1) is 14.7. The van der Waals surface area contributed by atoms with E-state index in [0.717, 1.165) is 17.5 Å². The maximum atomic E-state index is 12.8. The lowest BCUT2D eigenvalue weighted by Gasteiger charge is -2.34. The molecule has 0 atom stereocenters. The van der Waals surface area contributed by atoms with E-state index in [2.05, 4.69) is 25.2 Å². The zero-order chi connectivity index (χ0) is 20.5. The van der Waals surface area contributed by atoms with E-state index in [1.54, 1.807) is 35.6 Å². The molecule has 0 radical (unpaired) electrons. The Morgan fingerprint density at radius 1 is 1.03 bits per heavy atom. The van der Waals surface area contributed by atoms with Gasteiger partial charge in [0, 0.05) is 44.6 Å². The molecule has 1 aliphatic heterocycles. The van der Waals surface area contributed by atoms with Crippen molar-refractivity contribution in [2.24, 2.45) is 0 Å². The van der Waals surface area contributed by atoms with Gasteiger partial charge in [-0.3, -0.25) is 9.36 Å². The maximum absolute atomic E-state index is 12.8. The van der Waals surface area contributed by atoms with Crippen LogP contribution in [0.25, 0.3) is 17.3 Å². The number of amides is 1. The minimum atomic E-state index is -0.159. The number of carbonyl (C=O) groups excluding carboxylic acids is 1. The van der Waals surface area contributed by atoms with Crippen molar-refractivity contribution in [2.75, 3.05) is 31.1 Å². The Bertz CT molecular complexity index is 1140. The van der Waals surface area contributed by atoms with E-state index in [-0.39, 0.29) is 11.6 Å². The highest BCUT2D eigenvalue weighted by Crippen LogP contribution is 2.22. The summed E-state index contributed by atoms with van der Waals surface area (Å²) in [6, 6.07) is 8.97. The van der Waals surface area contributed by atoms with Crippen LogP contribution < -0.4 is 4.90 Å². The summed E-state index contributed by atoms with van der Waals surface area (Å²) in [4.78, 5) is 20.8. The van der Waals surface area contributed by atoms with E-state index in [1.807, 2.05) is 29.8 Å². The molecule has 4 aromatic heterocycles. The number of rotatable bonds is 4. The fourth-order valence-electron chi connectivity index (χ4n) is 3.45. The number of nitrogens with zero attached hydrogens (tertiary/aromatic N) is 7. The summed E-state index contributed by atoms with van der Waals surface area (Å²) in [7, 11) is 0. The molecule has 4 aromatic rings. The van der Waals surface area contributed by atoms with Gasteiger partial charge < -0.3 is 18.7 Å². The Kier molecular flexibility index (Phi) is 4.51. The summed E-state index contributed by atoms with van der Waals surface area (Å²) >= 11 is 0. The van der Waals surface area contributed by atoms with Crippen LogP contribution in [-0.4, -0.2) is 61.9 Å². The first kappa shape index (κ1) is 18.1. The minimum Gasteiger partial charge on any atom is -0.461 e. The maximum Gasteiger partial charge on any atom is 0.276 e. The van der Waals surface area contributed by atoms with Crippen molar-refractivity contribution in [3.63, 3.8) is 0 Å². The standard InChI is InChI=1S/C20H19N7O3/c1-14-21-6-7-27(14)19-5-4-18(22-23-19)25-8-10-26(11-9-25)20(28)15-13-17(30-24-15)16-3-2-12-29-16/h2-7,12-13H,8-11H2,1H3. The lowest BCUT2D eigenvalue weighted by Crippen LogP contribution is -2.49. The number of hydrogen-bond donors (Lipinski definition) is 0. The number of hydrogen-bond acceptors (Lipinski definition) is 8. The van der Waals surface area contributed by atoms with Gasteiger partial charge in [0.15, 0.2) is 23.1 Å². The number of anilines is 1. The number of imidazole rings is 1. The van der Waals surface area contributed by atoms with Crippen LogP contribution in [0.1, 0.15) is 16.3 Å². The molecule has 0 spiro atoms.